The van der Waals surface area contributed by atoms with Crippen molar-refractivity contribution in [2.24, 2.45) is 7.05 Å². The van der Waals surface area contributed by atoms with Gasteiger partial charge in [-0.3, -0.25) is 0 Å². The zero-order valence-corrected chi connectivity index (χ0v) is 16.6. The van der Waals surface area contributed by atoms with Crippen LogP contribution in [0.15, 0.2) is 79.0 Å². The lowest BCUT2D eigenvalue weighted by Gasteiger charge is -2.06. The van der Waals surface area contributed by atoms with E-state index in [2.05, 4.69) is 49.0 Å². The molecule has 0 bridgehead atoms. The van der Waals surface area contributed by atoms with Gasteiger partial charge in [0.25, 0.3) is 0 Å². The maximum absolute atomic E-state index is 14.9. The van der Waals surface area contributed by atoms with Gasteiger partial charge in [0.05, 0.1) is 5.56 Å². The van der Waals surface area contributed by atoms with Crippen molar-refractivity contribution in [3.8, 4) is 22.4 Å². The summed E-state index contributed by atoms with van der Waals surface area (Å²) in [5, 5.41) is 2.29. The van der Waals surface area contributed by atoms with Gasteiger partial charge in [-0.15, -0.1) is 11.3 Å². The van der Waals surface area contributed by atoms with Crippen LogP contribution in [-0.2, 0) is 7.05 Å². The largest absolute Gasteiger partial charge is 0.213 e. The molecule has 136 valence electrons. The molecule has 0 aliphatic rings. The highest BCUT2D eigenvalue weighted by atomic mass is 32.1. The summed E-state index contributed by atoms with van der Waals surface area (Å²) in [7, 11) is 2.07. The molecule has 2 heterocycles. The maximum Gasteiger partial charge on any atom is 0.213 e. The molecule has 0 saturated heterocycles. The van der Waals surface area contributed by atoms with Gasteiger partial charge in [-0.05, 0) is 36.2 Å². The molecule has 28 heavy (non-hydrogen) atoms. The molecule has 0 fully saturated rings. The number of pyridine rings is 1. The van der Waals surface area contributed by atoms with Crippen LogP contribution in [0.25, 0.3) is 42.6 Å². The molecule has 0 saturated carbocycles. The first-order chi connectivity index (χ1) is 13.6. The highest BCUT2D eigenvalue weighted by Crippen LogP contribution is 2.45. The number of halogens is 1. The molecule has 0 radical (unpaired) electrons. The zero-order chi connectivity index (χ0) is 19.3. The maximum atomic E-state index is 14.9. The Labute approximate surface area is 167 Å². The van der Waals surface area contributed by atoms with Crippen LogP contribution < -0.4 is 4.57 Å². The van der Waals surface area contributed by atoms with Gasteiger partial charge in [-0.1, -0.05) is 42.5 Å². The molecule has 0 N–H and O–H groups in total. The van der Waals surface area contributed by atoms with Crippen molar-refractivity contribution < 1.29 is 8.96 Å². The average molecular weight is 384 g/mol. The molecule has 0 spiro atoms. The molecule has 0 aliphatic heterocycles. The number of aryl methyl sites for hydroxylation is 2. The second kappa shape index (κ2) is 6.54. The summed E-state index contributed by atoms with van der Waals surface area (Å²) in [5.74, 6) is -0.172. The van der Waals surface area contributed by atoms with E-state index < -0.39 is 0 Å². The van der Waals surface area contributed by atoms with Crippen LogP contribution in [-0.4, -0.2) is 0 Å². The Balaban J connectivity index is 1.92. The van der Waals surface area contributed by atoms with Crippen molar-refractivity contribution in [3.63, 3.8) is 0 Å². The minimum Gasteiger partial charge on any atom is -0.206 e. The number of hydrogen-bond donors (Lipinski definition) is 0. The molecule has 3 heteroatoms. The molecule has 2 aromatic heterocycles. The monoisotopic (exact) mass is 384 g/mol. The van der Waals surface area contributed by atoms with Gasteiger partial charge in [0.15, 0.2) is 6.20 Å². The Morgan fingerprint density at radius 1 is 0.750 bits per heavy atom. The van der Waals surface area contributed by atoms with Crippen LogP contribution >= 0.6 is 11.3 Å². The molecule has 0 atom stereocenters. The molecule has 5 aromatic rings. The van der Waals surface area contributed by atoms with Crippen LogP contribution in [0.4, 0.5) is 4.39 Å². The first-order valence-corrected chi connectivity index (χ1v) is 10.1. The van der Waals surface area contributed by atoms with Crippen LogP contribution in [0.1, 0.15) is 5.56 Å². The van der Waals surface area contributed by atoms with Gasteiger partial charge in [-0.2, -0.15) is 0 Å². The van der Waals surface area contributed by atoms with E-state index >= 15 is 0 Å². The molecule has 0 amide bonds. The summed E-state index contributed by atoms with van der Waals surface area (Å²) in [6.07, 6.45) is 2.07. The van der Waals surface area contributed by atoms with Crippen molar-refractivity contribution >= 4 is 31.5 Å². The summed E-state index contributed by atoms with van der Waals surface area (Å²) in [4.78, 5) is 0. The number of nitrogens with zero attached hydrogens (tertiary/aromatic N) is 1. The Bertz CT molecular complexity index is 1340. The highest BCUT2D eigenvalue weighted by Gasteiger charge is 2.21. The van der Waals surface area contributed by atoms with Crippen LogP contribution in [0.2, 0.25) is 0 Å². The lowest BCUT2D eigenvalue weighted by Crippen LogP contribution is -2.30. The van der Waals surface area contributed by atoms with E-state index in [1.54, 1.807) is 17.4 Å². The number of benzene rings is 3. The summed E-state index contributed by atoms with van der Waals surface area (Å²) < 4.78 is 19.3. The Morgan fingerprint density at radius 3 is 2.18 bits per heavy atom. The van der Waals surface area contributed by atoms with Crippen molar-refractivity contribution in [2.75, 3.05) is 0 Å². The number of fused-ring (bicyclic) bond motifs is 3. The Morgan fingerprint density at radius 2 is 1.43 bits per heavy atom. The number of thiophene rings is 1. The molecule has 0 aliphatic carbocycles. The standard InChI is InChI=1S/C25H19FNS/c1-16-11-12-18-19-13-14-20(26)23(17-8-4-3-5-9-17)25(19)28-24(18)22(16)21-10-6-7-15-27(21)2/h3-15H,1-2H3/q+1. The third kappa shape index (κ3) is 2.54. The van der Waals surface area contributed by atoms with E-state index in [-0.39, 0.29) is 5.82 Å². The lowest BCUT2D eigenvalue weighted by atomic mass is 9.99. The molecule has 0 unspecified atom stereocenters. The second-order valence-electron chi connectivity index (χ2n) is 7.10. The van der Waals surface area contributed by atoms with E-state index in [9.17, 15) is 4.39 Å². The van der Waals surface area contributed by atoms with Crippen LogP contribution in [0.5, 0.6) is 0 Å². The summed E-state index contributed by atoms with van der Waals surface area (Å²) >= 11 is 1.69. The van der Waals surface area contributed by atoms with Crippen LogP contribution in [0.3, 0.4) is 0 Å². The van der Waals surface area contributed by atoms with Crippen molar-refractivity contribution in [2.45, 2.75) is 6.92 Å². The van der Waals surface area contributed by atoms with Gasteiger partial charge < -0.3 is 0 Å². The van der Waals surface area contributed by atoms with Gasteiger partial charge in [0.2, 0.25) is 5.69 Å². The van der Waals surface area contributed by atoms with Gasteiger partial charge in [0.1, 0.15) is 12.9 Å². The van der Waals surface area contributed by atoms with Crippen molar-refractivity contribution in [1.29, 1.82) is 0 Å². The zero-order valence-electron chi connectivity index (χ0n) is 15.7. The quantitative estimate of drug-likeness (QED) is 0.300. The summed E-state index contributed by atoms with van der Waals surface area (Å²) in [6, 6.07) is 23.9. The lowest BCUT2D eigenvalue weighted by molar-refractivity contribution is -0.660. The highest BCUT2D eigenvalue weighted by molar-refractivity contribution is 7.26. The molecule has 3 aromatic carbocycles. The summed E-state index contributed by atoms with van der Waals surface area (Å²) in [6.45, 7) is 2.14. The Hall–Kier alpha value is -3.04. The molecular weight excluding hydrogens is 365 g/mol. The third-order valence-corrected chi connectivity index (χ3v) is 6.60. The average Bonchev–Trinajstić information content (AvgIpc) is 3.07. The Kier molecular flexibility index (Phi) is 3.99. The second-order valence-corrected chi connectivity index (χ2v) is 8.12. The fourth-order valence-corrected chi connectivity index (χ4v) is 5.42. The fourth-order valence-electron chi connectivity index (χ4n) is 3.95. The van der Waals surface area contributed by atoms with E-state index in [1.807, 2.05) is 42.5 Å². The topological polar surface area (TPSA) is 3.88 Å². The van der Waals surface area contributed by atoms with Gasteiger partial charge in [0, 0.05) is 37.9 Å². The molecule has 1 nitrogen and oxygen atoms in total. The number of aromatic nitrogens is 1. The van der Waals surface area contributed by atoms with Crippen molar-refractivity contribution in [3.05, 3.63) is 90.4 Å². The normalized spacial score (nSPS) is 11.4. The van der Waals surface area contributed by atoms with E-state index in [0.29, 0.717) is 5.56 Å². The van der Waals surface area contributed by atoms with Gasteiger partial charge >= 0.3 is 0 Å². The predicted octanol–water partition coefficient (Wildman–Crippen LogP) is 6.66. The first-order valence-electron chi connectivity index (χ1n) is 9.30. The fraction of sp³-hybridized carbons (Fsp3) is 0.0800. The van der Waals surface area contributed by atoms with Gasteiger partial charge in [-0.25, -0.2) is 8.96 Å². The predicted molar refractivity (Wildman–Crippen MR) is 116 cm³/mol. The van der Waals surface area contributed by atoms with Crippen LogP contribution in [0, 0.1) is 12.7 Å². The summed E-state index contributed by atoms with van der Waals surface area (Å²) in [5.41, 5.74) is 5.23. The number of rotatable bonds is 2. The minimum atomic E-state index is -0.172. The smallest absolute Gasteiger partial charge is 0.206 e. The van der Waals surface area contributed by atoms with E-state index in [0.717, 1.165) is 15.6 Å². The SMILES string of the molecule is Cc1ccc2c(sc3c(-c4ccccc4)c(F)ccc32)c1-c1cccc[n+]1C. The van der Waals surface area contributed by atoms with E-state index in [4.69, 9.17) is 0 Å². The third-order valence-electron chi connectivity index (χ3n) is 5.34. The number of hydrogen-bond acceptors (Lipinski definition) is 1. The molecular formula is C25H19FNS+. The molecule has 5 rings (SSSR count). The van der Waals surface area contributed by atoms with Crippen molar-refractivity contribution in [1.82, 2.24) is 0 Å². The minimum absolute atomic E-state index is 0.172. The van der Waals surface area contributed by atoms with E-state index in [1.165, 1.54) is 26.9 Å². The first kappa shape index (κ1) is 17.1.